The first-order valence-electron chi connectivity index (χ1n) is 5.92. The van der Waals surface area contributed by atoms with Gasteiger partial charge in [0.2, 0.25) is 5.91 Å². The maximum Gasteiger partial charge on any atom is 0.229 e. The molecule has 0 saturated heterocycles. The Balaban J connectivity index is 2.15. The fourth-order valence-corrected chi connectivity index (χ4v) is 2.12. The molecule has 1 aromatic carbocycles. The highest BCUT2D eigenvalue weighted by molar-refractivity contribution is 5.84. The van der Waals surface area contributed by atoms with E-state index >= 15 is 0 Å². The number of carbonyl (C=O) groups is 1. The van der Waals surface area contributed by atoms with E-state index in [-0.39, 0.29) is 24.5 Å². The molecule has 1 aliphatic heterocycles. The Morgan fingerprint density at radius 1 is 1.59 bits per heavy atom. The van der Waals surface area contributed by atoms with Gasteiger partial charge in [-0.15, -0.1) is 0 Å². The molecule has 2 atom stereocenters. The first-order valence-corrected chi connectivity index (χ1v) is 5.92. The summed E-state index contributed by atoms with van der Waals surface area (Å²) < 4.78 is 0. The van der Waals surface area contributed by atoms with E-state index in [1.54, 1.807) is 6.92 Å². The number of aliphatic hydroxyl groups is 1. The number of benzene rings is 1. The summed E-state index contributed by atoms with van der Waals surface area (Å²) in [5, 5.41) is 15.0. The number of fused-ring (bicyclic) bond motifs is 1. The van der Waals surface area contributed by atoms with Crippen molar-refractivity contribution in [2.24, 2.45) is 0 Å². The maximum atomic E-state index is 12.1. The van der Waals surface area contributed by atoms with Crippen molar-refractivity contribution < 1.29 is 9.90 Å². The van der Waals surface area contributed by atoms with Crippen molar-refractivity contribution in [1.29, 1.82) is 0 Å². The van der Waals surface area contributed by atoms with Crippen LogP contribution in [0.3, 0.4) is 0 Å². The van der Waals surface area contributed by atoms with Crippen LogP contribution in [-0.4, -0.2) is 30.2 Å². The summed E-state index contributed by atoms with van der Waals surface area (Å²) in [6.07, 6.45) is 0. The van der Waals surface area contributed by atoms with E-state index in [4.69, 9.17) is 5.11 Å². The first-order chi connectivity index (χ1) is 8.22. The summed E-state index contributed by atoms with van der Waals surface area (Å²) in [5.41, 5.74) is 2.27. The molecule has 1 aliphatic rings. The molecule has 17 heavy (non-hydrogen) atoms. The van der Waals surface area contributed by atoms with E-state index in [1.807, 2.05) is 24.3 Å². The van der Waals surface area contributed by atoms with Crippen LogP contribution in [0.4, 0.5) is 0 Å². The van der Waals surface area contributed by atoms with Crippen LogP contribution in [-0.2, 0) is 11.3 Å². The number of aliphatic hydroxyl groups excluding tert-OH is 1. The topological polar surface area (TPSA) is 61.4 Å². The highest BCUT2D eigenvalue weighted by atomic mass is 16.3. The summed E-state index contributed by atoms with van der Waals surface area (Å²) >= 11 is 0. The van der Waals surface area contributed by atoms with E-state index in [0.717, 1.165) is 12.1 Å². The van der Waals surface area contributed by atoms with Crippen molar-refractivity contribution in [3.63, 3.8) is 0 Å². The Morgan fingerprint density at radius 2 is 2.35 bits per heavy atom. The van der Waals surface area contributed by atoms with Gasteiger partial charge in [0.25, 0.3) is 0 Å². The van der Waals surface area contributed by atoms with Crippen molar-refractivity contribution in [2.45, 2.75) is 25.4 Å². The van der Waals surface area contributed by atoms with Gasteiger partial charge in [0.1, 0.15) is 0 Å². The van der Waals surface area contributed by atoms with Crippen LogP contribution in [0.15, 0.2) is 24.3 Å². The van der Waals surface area contributed by atoms with E-state index in [2.05, 4.69) is 10.6 Å². The van der Waals surface area contributed by atoms with Crippen LogP contribution in [0.1, 0.15) is 24.0 Å². The Bertz CT molecular complexity index is 406. The molecule has 3 N–H and O–H groups in total. The van der Waals surface area contributed by atoms with Crippen LogP contribution >= 0.6 is 0 Å². The van der Waals surface area contributed by atoms with Gasteiger partial charge in [-0.2, -0.15) is 0 Å². The summed E-state index contributed by atoms with van der Waals surface area (Å²) in [6, 6.07) is 7.79. The first kappa shape index (κ1) is 12.1. The average Bonchev–Trinajstić information content (AvgIpc) is 2.37. The number of hydrogen-bond acceptors (Lipinski definition) is 3. The predicted octanol–water partition coefficient (Wildman–Crippen LogP) is 0.370. The number of hydrogen-bond donors (Lipinski definition) is 3. The molecule has 0 bridgehead atoms. The lowest BCUT2D eigenvalue weighted by Crippen LogP contribution is -2.43. The second-order valence-corrected chi connectivity index (χ2v) is 4.47. The van der Waals surface area contributed by atoms with Crippen LogP contribution in [0, 0.1) is 0 Å². The molecular formula is C13H18N2O2. The molecule has 0 spiro atoms. The van der Waals surface area contributed by atoms with Gasteiger partial charge in [-0.3, -0.25) is 4.79 Å². The van der Waals surface area contributed by atoms with E-state index < -0.39 is 0 Å². The van der Waals surface area contributed by atoms with Crippen LogP contribution in [0.25, 0.3) is 0 Å². The zero-order valence-electron chi connectivity index (χ0n) is 9.94. The fourth-order valence-electron chi connectivity index (χ4n) is 2.12. The van der Waals surface area contributed by atoms with Crippen LogP contribution in [0.2, 0.25) is 0 Å². The predicted molar refractivity (Wildman–Crippen MR) is 65.6 cm³/mol. The Kier molecular flexibility index (Phi) is 3.76. The highest BCUT2D eigenvalue weighted by Crippen LogP contribution is 2.23. The molecule has 92 valence electrons. The molecule has 4 nitrogen and oxygen atoms in total. The SMILES string of the molecule is C[C@@H](CO)NC(=O)C1CNCc2ccccc21. The molecule has 1 amide bonds. The largest absolute Gasteiger partial charge is 0.394 e. The van der Waals surface area contributed by atoms with Crippen molar-refractivity contribution in [3.05, 3.63) is 35.4 Å². The highest BCUT2D eigenvalue weighted by Gasteiger charge is 2.26. The van der Waals surface area contributed by atoms with Crippen molar-refractivity contribution in [2.75, 3.05) is 13.2 Å². The molecule has 0 aromatic heterocycles. The van der Waals surface area contributed by atoms with Gasteiger partial charge in [0.15, 0.2) is 0 Å². The van der Waals surface area contributed by atoms with Crippen molar-refractivity contribution >= 4 is 5.91 Å². The van der Waals surface area contributed by atoms with Crippen LogP contribution < -0.4 is 10.6 Å². The van der Waals surface area contributed by atoms with Gasteiger partial charge < -0.3 is 15.7 Å². The molecule has 0 fully saturated rings. The average molecular weight is 234 g/mol. The quantitative estimate of drug-likeness (QED) is 0.708. The monoisotopic (exact) mass is 234 g/mol. The third kappa shape index (κ3) is 2.65. The number of rotatable bonds is 3. The van der Waals surface area contributed by atoms with Crippen molar-refractivity contribution in [3.8, 4) is 0 Å². The minimum absolute atomic E-state index is 0.0220. The molecule has 1 heterocycles. The third-order valence-electron chi connectivity index (χ3n) is 3.07. The summed E-state index contributed by atoms with van der Waals surface area (Å²) in [7, 11) is 0. The third-order valence-corrected chi connectivity index (χ3v) is 3.07. The number of amides is 1. The molecule has 0 aliphatic carbocycles. The van der Waals surface area contributed by atoms with Crippen molar-refractivity contribution in [1.82, 2.24) is 10.6 Å². The molecule has 4 heteroatoms. The Hall–Kier alpha value is -1.39. The minimum Gasteiger partial charge on any atom is -0.394 e. The van der Waals surface area contributed by atoms with E-state index in [1.165, 1.54) is 5.56 Å². The molecule has 0 radical (unpaired) electrons. The minimum atomic E-state index is -0.198. The smallest absolute Gasteiger partial charge is 0.229 e. The lowest BCUT2D eigenvalue weighted by molar-refractivity contribution is -0.123. The van der Waals surface area contributed by atoms with Gasteiger partial charge in [0.05, 0.1) is 12.5 Å². The standard InChI is InChI=1S/C13H18N2O2/c1-9(8-16)15-13(17)12-7-14-6-10-4-2-3-5-11(10)12/h2-5,9,12,14,16H,6-8H2,1H3,(H,15,17)/t9-,12?/m0/s1. The Morgan fingerprint density at radius 3 is 3.12 bits per heavy atom. The van der Waals surface area contributed by atoms with Gasteiger partial charge in [-0.05, 0) is 18.1 Å². The zero-order chi connectivity index (χ0) is 12.3. The molecule has 2 rings (SSSR count). The number of nitrogens with one attached hydrogen (secondary N) is 2. The molecule has 0 saturated carbocycles. The van der Waals surface area contributed by atoms with E-state index in [0.29, 0.717) is 6.54 Å². The number of carbonyl (C=O) groups excluding carboxylic acids is 1. The lowest BCUT2D eigenvalue weighted by atomic mass is 9.90. The summed E-state index contributed by atoms with van der Waals surface area (Å²) in [6.45, 7) is 3.23. The second-order valence-electron chi connectivity index (χ2n) is 4.47. The molecule has 1 unspecified atom stereocenters. The fraction of sp³-hybridized carbons (Fsp3) is 0.462. The molecular weight excluding hydrogens is 216 g/mol. The van der Waals surface area contributed by atoms with Gasteiger partial charge in [-0.25, -0.2) is 0 Å². The normalized spacial score (nSPS) is 20.5. The lowest BCUT2D eigenvalue weighted by Gasteiger charge is -2.26. The van der Waals surface area contributed by atoms with Gasteiger partial charge >= 0.3 is 0 Å². The molecule has 1 aromatic rings. The van der Waals surface area contributed by atoms with Crippen LogP contribution in [0.5, 0.6) is 0 Å². The van der Waals surface area contributed by atoms with E-state index in [9.17, 15) is 4.79 Å². The summed E-state index contributed by atoms with van der Waals surface area (Å²) in [4.78, 5) is 12.1. The summed E-state index contributed by atoms with van der Waals surface area (Å²) in [5.74, 6) is -0.180. The second kappa shape index (κ2) is 5.29. The van der Waals surface area contributed by atoms with Gasteiger partial charge in [0, 0.05) is 19.1 Å². The van der Waals surface area contributed by atoms with Gasteiger partial charge in [-0.1, -0.05) is 24.3 Å². The Labute approximate surface area is 101 Å². The maximum absolute atomic E-state index is 12.1. The zero-order valence-corrected chi connectivity index (χ0v) is 9.94.